The van der Waals surface area contributed by atoms with Crippen molar-refractivity contribution in [3.8, 4) is 0 Å². The van der Waals surface area contributed by atoms with Crippen LogP contribution in [-0.4, -0.2) is 23.7 Å². The van der Waals surface area contributed by atoms with Gasteiger partial charge in [-0.05, 0) is 6.32 Å². The molecule has 0 spiro atoms. The molecule has 0 saturated carbocycles. The van der Waals surface area contributed by atoms with E-state index in [0.29, 0.717) is 0 Å². The molecule has 0 heterocycles. The smallest absolute Gasteiger partial charge is 0.678 e. The van der Waals surface area contributed by atoms with E-state index in [1.54, 1.807) is 0 Å². The molecule has 0 aliphatic carbocycles. The summed E-state index contributed by atoms with van der Waals surface area (Å²) >= 11 is 0. The van der Waals surface area contributed by atoms with Crippen LogP contribution in [0, 0.1) is 0 Å². The van der Waals surface area contributed by atoms with Gasteiger partial charge in [0.1, 0.15) is 0 Å². The van der Waals surface area contributed by atoms with Crippen LogP contribution in [0.5, 0.6) is 0 Å². The third kappa shape index (κ3) is 11.3. The van der Waals surface area contributed by atoms with Crippen LogP contribution in [0.4, 0.5) is 0 Å². The van der Waals surface area contributed by atoms with Gasteiger partial charge in [0.15, 0.2) is 0 Å². The van der Waals surface area contributed by atoms with Gasteiger partial charge >= 0.3 is 58.5 Å². The zero-order valence-corrected chi connectivity index (χ0v) is 7.51. The normalized spacial score (nSPS) is 7.29. The van der Waals surface area contributed by atoms with Crippen molar-refractivity contribution in [3.63, 3.8) is 0 Å². The second-order valence-corrected chi connectivity index (χ2v) is 1.02. The predicted octanol–water partition coefficient (Wildman–Crippen LogP) is -3.48. The molecule has 0 aliphatic rings. The van der Waals surface area contributed by atoms with Crippen molar-refractivity contribution in [2.24, 2.45) is 0 Å². The fourth-order valence-electron chi connectivity index (χ4n) is 0.129. The molecule has 0 bridgehead atoms. The van der Waals surface area contributed by atoms with Gasteiger partial charge < -0.3 is 15.8 Å². The van der Waals surface area contributed by atoms with Crippen LogP contribution >= 0.6 is 0 Å². The Kier molecular flexibility index (Phi) is 12.3. The summed E-state index contributed by atoms with van der Waals surface area (Å²) in [5, 5.41) is 16.0. The molecule has 7 heavy (non-hydrogen) atoms. The Hall–Kier alpha value is 1.58. The predicted molar refractivity (Wildman–Crippen MR) is 24.2 cm³/mol. The maximum absolute atomic E-state index is 7.99. The first-order valence-electron chi connectivity index (χ1n) is 1.78. The van der Waals surface area contributed by atoms with E-state index in [9.17, 15) is 0 Å². The molecule has 0 aromatic rings. The topological polar surface area (TPSA) is 64.3 Å². The number of hydrogen-bond donors (Lipinski definition) is 2. The monoisotopic (exact) mass is 127 g/mol. The maximum atomic E-state index is 7.99. The molecule has 3 N–H and O–H groups in total. The Morgan fingerprint density at radius 2 is 1.86 bits per heavy atom. The van der Waals surface area contributed by atoms with E-state index in [0.717, 1.165) is 0 Å². The van der Waals surface area contributed by atoms with E-state index in [1.165, 1.54) is 0 Å². The minimum absolute atomic E-state index is 0. The first-order chi connectivity index (χ1) is 2.77. The Bertz CT molecular complexity index is 36.9. The zero-order chi connectivity index (χ0) is 4.99. The summed E-state index contributed by atoms with van der Waals surface area (Å²) in [5.41, 5.74) is 6.41. The summed E-state index contributed by atoms with van der Waals surface area (Å²) in [6.45, 7) is 0.0810. The standard InChI is InChI=1S/C2H7BNO2.K/c4-2-1-3(5)6;/h4-6H,1-2H2;/q-1;+1. The van der Waals surface area contributed by atoms with E-state index >= 15 is 0 Å². The SMILES string of the molecule is [K+].[NH-]CCB(O)O. The van der Waals surface area contributed by atoms with Gasteiger partial charge in [-0.1, -0.05) is 0 Å². The summed E-state index contributed by atoms with van der Waals surface area (Å²) in [7, 11) is -1.29. The molecular weight excluding hydrogens is 120 g/mol. The Labute approximate surface area is 85.8 Å². The second-order valence-electron chi connectivity index (χ2n) is 1.02. The molecule has 0 aromatic heterocycles. The average Bonchev–Trinajstić information content (AvgIpc) is 1.35. The minimum atomic E-state index is -1.29. The van der Waals surface area contributed by atoms with Crippen LogP contribution in [0.25, 0.3) is 5.73 Å². The molecule has 36 valence electrons. The zero-order valence-electron chi connectivity index (χ0n) is 4.39. The molecule has 0 unspecified atom stereocenters. The molecule has 0 amide bonds. The third-order valence-electron chi connectivity index (χ3n) is 0.403. The maximum Gasteiger partial charge on any atom is 1.00 e. The third-order valence-corrected chi connectivity index (χ3v) is 0.403. The van der Waals surface area contributed by atoms with Crippen molar-refractivity contribution < 1.29 is 61.4 Å². The summed E-state index contributed by atoms with van der Waals surface area (Å²) in [4.78, 5) is 0. The van der Waals surface area contributed by atoms with E-state index < -0.39 is 7.12 Å². The van der Waals surface area contributed by atoms with Crippen molar-refractivity contribution in [1.82, 2.24) is 0 Å². The number of nitrogens with one attached hydrogen (secondary N) is 1. The van der Waals surface area contributed by atoms with Crippen molar-refractivity contribution >= 4 is 7.12 Å². The summed E-state index contributed by atoms with van der Waals surface area (Å²) in [6.07, 6.45) is 0.153. The summed E-state index contributed by atoms with van der Waals surface area (Å²) in [6, 6.07) is 0. The van der Waals surface area contributed by atoms with Crippen LogP contribution in [0.1, 0.15) is 0 Å². The van der Waals surface area contributed by atoms with Gasteiger partial charge in [-0.15, -0.1) is 0 Å². The molecular formula is C2H7BKNO2. The van der Waals surface area contributed by atoms with Crippen molar-refractivity contribution in [1.29, 1.82) is 0 Å². The van der Waals surface area contributed by atoms with E-state index in [1.807, 2.05) is 0 Å². The molecule has 3 nitrogen and oxygen atoms in total. The quantitative estimate of drug-likeness (QED) is 0.378. The second kappa shape index (κ2) is 7.58. The van der Waals surface area contributed by atoms with Crippen molar-refractivity contribution in [3.05, 3.63) is 5.73 Å². The number of hydrogen-bond acceptors (Lipinski definition) is 2. The van der Waals surface area contributed by atoms with Gasteiger partial charge in [0, 0.05) is 0 Å². The van der Waals surface area contributed by atoms with Gasteiger partial charge in [-0.2, -0.15) is 6.54 Å². The van der Waals surface area contributed by atoms with Crippen molar-refractivity contribution in [2.45, 2.75) is 6.32 Å². The van der Waals surface area contributed by atoms with Gasteiger partial charge in [0.25, 0.3) is 0 Å². The Balaban J connectivity index is 0. The minimum Gasteiger partial charge on any atom is -0.678 e. The van der Waals surface area contributed by atoms with Crippen LogP contribution in [0.15, 0.2) is 0 Å². The fraction of sp³-hybridized carbons (Fsp3) is 1.00. The van der Waals surface area contributed by atoms with Gasteiger partial charge in [0.2, 0.25) is 0 Å². The van der Waals surface area contributed by atoms with E-state index in [2.05, 4.69) is 0 Å². The Morgan fingerprint density at radius 1 is 1.43 bits per heavy atom. The molecule has 5 heteroatoms. The van der Waals surface area contributed by atoms with Crippen molar-refractivity contribution in [2.75, 3.05) is 6.54 Å². The Morgan fingerprint density at radius 3 is 1.86 bits per heavy atom. The largest absolute Gasteiger partial charge is 1.00 e. The first kappa shape index (κ1) is 11.4. The summed E-state index contributed by atoms with van der Waals surface area (Å²) < 4.78 is 0. The fourth-order valence-corrected chi connectivity index (χ4v) is 0.129. The number of rotatable bonds is 2. The molecule has 0 radical (unpaired) electrons. The van der Waals surface area contributed by atoms with Gasteiger partial charge in [-0.3, -0.25) is 0 Å². The molecule has 0 aliphatic heterocycles. The van der Waals surface area contributed by atoms with Gasteiger partial charge in [0.05, 0.1) is 0 Å². The molecule has 0 fully saturated rings. The van der Waals surface area contributed by atoms with Crippen LogP contribution in [0.3, 0.4) is 0 Å². The molecule has 0 rings (SSSR count). The van der Waals surface area contributed by atoms with E-state index in [4.69, 9.17) is 15.8 Å². The molecule has 0 aromatic carbocycles. The first-order valence-corrected chi connectivity index (χ1v) is 1.78. The van der Waals surface area contributed by atoms with Crippen LogP contribution in [-0.2, 0) is 0 Å². The average molecular weight is 127 g/mol. The van der Waals surface area contributed by atoms with E-state index in [-0.39, 0.29) is 64.2 Å². The van der Waals surface area contributed by atoms with Crippen LogP contribution < -0.4 is 51.4 Å². The molecule has 0 atom stereocenters. The molecule has 0 saturated heterocycles. The van der Waals surface area contributed by atoms with Crippen LogP contribution in [0.2, 0.25) is 6.32 Å². The van der Waals surface area contributed by atoms with Gasteiger partial charge in [-0.25, -0.2) is 0 Å². The summed E-state index contributed by atoms with van der Waals surface area (Å²) in [5.74, 6) is 0.